The highest BCUT2D eigenvalue weighted by atomic mass is 35.5. The van der Waals surface area contributed by atoms with E-state index in [1.165, 1.54) is 0 Å². The molecule has 1 aromatic carbocycles. The summed E-state index contributed by atoms with van der Waals surface area (Å²) in [5, 5.41) is 9.27. The maximum Gasteiger partial charge on any atom is 0.233 e. The number of aliphatic hydroxyl groups is 1. The van der Waals surface area contributed by atoms with E-state index in [1.807, 2.05) is 0 Å². The summed E-state index contributed by atoms with van der Waals surface area (Å²) in [6.07, 6.45) is 1.12. The molecule has 0 fully saturated rings. The van der Waals surface area contributed by atoms with Gasteiger partial charge < -0.3 is 9.52 Å². The summed E-state index contributed by atoms with van der Waals surface area (Å²) in [5.41, 5.74) is 1.04. The molecule has 0 spiro atoms. The molecule has 5 heteroatoms. The van der Waals surface area contributed by atoms with Crippen LogP contribution in [0.15, 0.2) is 28.9 Å². The molecule has 0 bridgehead atoms. The smallest absolute Gasteiger partial charge is 0.233 e. The molecule has 1 N–H and O–H groups in total. The number of halogens is 1. The van der Waals surface area contributed by atoms with Crippen LogP contribution in [0.5, 0.6) is 0 Å². The van der Waals surface area contributed by atoms with Gasteiger partial charge in [0.05, 0.1) is 6.26 Å². The van der Waals surface area contributed by atoms with Gasteiger partial charge in [0, 0.05) is 5.02 Å². The van der Waals surface area contributed by atoms with Crippen LogP contribution in [-0.4, -0.2) is 16.4 Å². The first-order valence-electron chi connectivity index (χ1n) is 4.10. The molecule has 76 valence electrons. The maximum atomic E-state index is 10.5. The summed E-state index contributed by atoms with van der Waals surface area (Å²) in [7, 11) is 0. The summed E-state index contributed by atoms with van der Waals surface area (Å²) in [6, 6.07) is 4.92. The van der Waals surface area contributed by atoms with Gasteiger partial charge in [-0.25, -0.2) is 4.98 Å². The first kappa shape index (κ1) is 9.73. The number of oxazole rings is 1. The second-order valence-electron chi connectivity index (χ2n) is 2.83. The lowest BCUT2D eigenvalue weighted by Gasteiger charge is -1.87. The van der Waals surface area contributed by atoms with Crippen molar-refractivity contribution in [2.75, 3.05) is 0 Å². The van der Waals surface area contributed by atoms with Gasteiger partial charge in [0.2, 0.25) is 5.89 Å². The van der Waals surface area contributed by atoms with Crippen LogP contribution in [0.2, 0.25) is 5.02 Å². The molecule has 0 radical (unpaired) electrons. The van der Waals surface area contributed by atoms with Crippen molar-refractivity contribution in [1.82, 2.24) is 4.98 Å². The van der Waals surface area contributed by atoms with Gasteiger partial charge in [-0.3, -0.25) is 4.79 Å². The Labute approximate surface area is 89.8 Å². The second-order valence-corrected chi connectivity index (χ2v) is 3.27. The molecule has 2 rings (SSSR count). The van der Waals surface area contributed by atoms with Crippen LogP contribution in [0.25, 0.3) is 16.7 Å². The molecule has 0 amide bonds. The number of fused-ring (bicyclic) bond motifs is 1. The van der Waals surface area contributed by atoms with Gasteiger partial charge in [-0.05, 0) is 18.2 Å². The van der Waals surface area contributed by atoms with Crippen molar-refractivity contribution in [1.29, 1.82) is 0 Å². The Balaban J connectivity index is 2.61. The highest BCUT2D eigenvalue weighted by molar-refractivity contribution is 6.31. The average Bonchev–Trinajstić information content (AvgIpc) is 2.62. The summed E-state index contributed by atoms with van der Waals surface area (Å²) in [5.74, 6) is 0.0739. The van der Waals surface area contributed by atoms with E-state index in [4.69, 9.17) is 21.1 Å². The summed E-state index contributed by atoms with van der Waals surface area (Å²) >= 11 is 5.76. The number of aliphatic hydroxyl groups excluding tert-OH is 1. The zero-order chi connectivity index (χ0) is 10.8. The molecule has 1 heterocycles. The van der Waals surface area contributed by atoms with Crippen LogP contribution in [-0.2, 0) is 4.79 Å². The van der Waals surface area contributed by atoms with Gasteiger partial charge in [0.1, 0.15) is 11.1 Å². The lowest BCUT2D eigenvalue weighted by Crippen LogP contribution is -1.84. The minimum absolute atomic E-state index is 0.0117. The Morgan fingerprint density at radius 2 is 2.33 bits per heavy atom. The predicted molar refractivity (Wildman–Crippen MR) is 55.7 cm³/mol. The van der Waals surface area contributed by atoms with Crippen molar-refractivity contribution in [3.05, 3.63) is 35.4 Å². The van der Waals surface area contributed by atoms with Gasteiger partial charge in [-0.2, -0.15) is 0 Å². The Bertz CT molecular complexity index is 545. The first-order chi connectivity index (χ1) is 7.24. The number of benzene rings is 1. The van der Waals surface area contributed by atoms with E-state index in [1.54, 1.807) is 18.2 Å². The highest BCUT2D eigenvalue weighted by Crippen LogP contribution is 2.22. The Hall–Kier alpha value is -1.81. The summed E-state index contributed by atoms with van der Waals surface area (Å²) in [4.78, 5) is 14.5. The van der Waals surface area contributed by atoms with Gasteiger partial charge in [-0.1, -0.05) is 11.6 Å². The lowest BCUT2D eigenvalue weighted by molar-refractivity contribution is -0.103. The zero-order valence-corrected chi connectivity index (χ0v) is 8.23. The van der Waals surface area contributed by atoms with E-state index < -0.39 is 0 Å². The van der Waals surface area contributed by atoms with E-state index in [2.05, 4.69) is 4.98 Å². The van der Waals surface area contributed by atoms with E-state index in [0.717, 1.165) is 0 Å². The molecule has 2 aromatic rings. The summed E-state index contributed by atoms with van der Waals surface area (Å²) in [6.45, 7) is 0. The molecule has 0 saturated carbocycles. The lowest BCUT2D eigenvalue weighted by atomic mass is 10.3. The Kier molecular flexibility index (Phi) is 2.43. The largest absolute Gasteiger partial charge is 0.515 e. The van der Waals surface area contributed by atoms with Crippen molar-refractivity contribution in [3.8, 4) is 0 Å². The average molecular weight is 224 g/mol. The van der Waals surface area contributed by atoms with Crippen molar-refractivity contribution in [2.24, 2.45) is 0 Å². The zero-order valence-electron chi connectivity index (χ0n) is 7.48. The molecular weight excluding hydrogens is 218 g/mol. The Morgan fingerprint density at radius 3 is 3.00 bits per heavy atom. The molecule has 0 aliphatic carbocycles. The quantitative estimate of drug-likeness (QED) is 0.483. The standard InChI is InChI=1S/C10H6ClNO3/c11-7-1-2-9-8(3-7)12-10(15-9)6(4-13)5-14/h1-5,13H/b6-4-. The number of hydrogen-bond donors (Lipinski definition) is 1. The van der Waals surface area contributed by atoms with Gasteiger partial charge in [0.15, 0.2) is 11.9 Å². The van der Waals surface area contributed by atoms with Gasteiger partial charge in [-0.15, -0.1) is 0 Å². The van der Waals surface area contributed by atoms with E-state index in [0.29, 0.717) is 28.7 Å². The third-order valence-corrected chi connectivity index (χ3v) is 2.10. The second kappa shape index (κ2) is 3.74. The van der Waals surface area contributed by atoms with Gasteiger partial charge >= 0.3 is 0 Å². The Morgan fingerprint density at radius 1 is 1.53 bits per heavy atom. The van der Waals surface area contributed by atoms with Crippen molar-refractivity contribution < 1.29 is 14.3 Å². The van der Waals surface area contributed by atoms with Crippen LogP contribution < -0.4 is 0 Å². The number of carbonyl (C=O) groups is 1. The van der Waals surface area contributed by atoms with E-state index >= 15 is 0 Å². The fourth-order valence-corrected chi connectivity index (χ4v) is 1.33. The molecule has 0 aliphatic rings. The number of carbonyl (C=O) groups excluding carboxylic acids is 1. The maximum absolute atomic E-state index is 10.5. The monoisotopic (exact) mass is 223 g/mol. The van der Waals surface area contributed by atoms with Crippen molar-refractivity contribution >= 4 is 34.6 Å². The molecule has 0 aliphatic heterocycles. The number of rotatable bonds is 2. The number of aromatic nitrogens is 1. The molecular formula is C10H6ClNO3. The molecule has 15 heavy (non-hydrogen) atoms. The molecule has 0 atom stereocenters. The van der Waals surface area contributed by atoms with Crippen molar-refractivity contribution in [3.63, 3.8) is 0 Å². The number of nitrogens with zero attached hydrogens (tertiary/aromatic N) is 1. The van der Waals surface area contributed by atoms with Crippen LogP contribution in [0.3, 0.4) is 0 Å². The first-order valence-corrected chi connectivity index (χ1v) is 4.48. The highest BCUT2D eigenvalue weighted by Gasteiger charge is 2.10. The normalized spacial score (nSPS) is 11.9. The number of allylic oxidation sites excluding steroid dienone is 1. The van der Waals surface area contributed by atoms with Crippen LogP contribution >= 0.6 is 11.6 Å². The van der Waals surface area contributed by atoms with Crippen LogP contribution in [0, 0.1) is 0 Å². The molecule has 0 unspecified atom stereocenters. The SMILES string of the molecule is O=C/C(=C/O)c1nc2cc(Cl)ccc2o1. The third-order valence-electron chi connectivity index (χ3n) is 1.86. The molecule has 1 aromatic heterocycles. The molecule has 0 saturated heterocycles. The fourth-order valence-electron chi connectivity index (χ4n) is 1.16. The van der Waals surface area contributed by atoms with Crippen LogP contribution in [0.4, 0.5) is 0 Å². The van der Waals surface area contributed by atoms with Gasteiger partial charge in [0.25, 0.3) is 0 Å². The summed E-state index contributed by atoms with van der Waals surface area (Å²) < 4.78 is 5.24. The molecule has 4 nitrogen and oxygen atoms in total. The predicted octanol–water partition coefficient (Wildman–Crippen LogP) is 2.58. The number of aldehydes is 1. The van der Waals surface area contributed by atoms with Crippen molar-refractivity contribution in [2.45, 2.75) is 0 Å². The minimum atomic E-state index is -0.0117. The topological polar surface area (TPSA) is 63.3 Å². The number of hydrogen-bond acceptors (Lipinski definition) is 4. The van der Waals surface area contributed by atoms with Crippen LogP contribution in [0.1, 0.15) is 5.89 Å². The van der Waals surface area contributed by atoms with E-state index in [9.17, 15) is 4.79 Å². The van der Waals surface area contributed by atoms with E-state index in [-0.39, 0.29) is 11.5 Å². The minimum Gasteiger partial charge on any atom is -0.515 e. The fraction of sp³-hybridized carbons (Fsp3) is 0. The third kappa shape index (κ3) is 1.71.